The van der Waals surface area contributed by atoms with Crippen molar-refractivity contribution < 1.29 is 56.4 Å². The molecule has 2 aromatic carbocycles. The summed E-state index contributed by atoms with van der Waals surface area (Å²) >= 11 is 0. The predicted octanol–water partition coefficient (Wildman–Crippen LogP) is -1.52. The summed E-state index contributed by atoms with van der Waals surface area (Å²) in [6.07, 6.45) is 3.94. The molecule has 25 nitrogen and oxygen atoms in total. The van der Waals surface area contributed by atoms with Gasteiger partial charge in [0, 0.05) is 60.7 Å². The molecule has 5 rings (SSSR count). The molecule has 10 amide bonds. The number of carbonyl (C=O) groups is 10. The summed E-state index contributed by atoms with van der Waals surface area (Å²) in [6.45, 7) is 7.42. The zero-order chi connectivity index (χ0) is 57.3. The Labute approximate surface area is 451 Å². The van der Waals surface area contributed by atoms with E-state index in [-0.39, 0.29) is 63.2 Å². The van der Waals surface area contributed by atoms with Crippen LogP contribution in [0, 0.1) is 11.8 Å². The van der Waals surface area contributed by atoms with E-state index in [1.54, 1.807) is 82.4 Å². The van der Waals surface area contributed by atoms with E-state index in [2.05, 4.69) is 57.5 Å². The Hall–Kier alpha value is -8.16. The van der Waals surface area contributed by atoms with Crippen molar-refractivity contribution in [3.05, 3.63) is 90.1 Å². The monoisotopic (exact) mass is 1100 g/mol. The number of benzene rings is 2. The number of rotatable bonds is 30. The minimum absolute atomic E-state index is 0.0297. The molecule has 0 unspecified atom stereocenters. The molecule has 8 atom stereocenters. The van der Waals surface area contributed by atoms with E-state index in [1.165, 1.54) is 19.4 Å². The minimum atomic E-state index is -4.21. The van der Waals surface area contributed by atoms with Gasteiger partial charge in [0.15, 0.2) is 9.84 Å². The molecule has 0 saturated carbocycles. The van der Waals surface area contributed by atoms with Crippen LogP contribution in [0.5, 0.6) is 0 Å². The number of hydrogen-bond donors (Lipinski definition) is 12. The van der Waals surface area contributed by atoms with Crippen molar-refractivity contribution in [2.24, 2.45) is 23.3 Å². The molecule has 422 valence electrons. The largest absolute Gasteiger partial charge is 0.370 e. The van der Waals surface area contributed by atoms with Crippen LogP contribution in [-0.2, 0) is 77.0 Å². The van der Waals surface area contributed by atoms with Gasteiger partial charge in [0.05, 0.1) is 18.6 Å². The van der Waals surface area contributed by atoms with Crippen molar-refractivity contribution in [1.29, 1.82) is 0 Å². The molecule has 0 spiro atoms. The van der Waals surface area contributed by atoms with Crippen LogP contribution in [0.15, 0.2) is 73.3 Å². The zero-order valence-corrected chi connectivity index (χ0v) is 45.0. The fourth-order valence-electron chi connectivity index (χ4n) is 8.80. The van der Waals surface area contributed by atoms with E-state index in [4.69, 9.17) is 11.5 Å². The van der Waals surface area contributed by atoms with Gasteiger partial charge in [-0.25, -0.2) is 13.4 Å². The van der Waals surface area contributed by atoms with Crippen LogP contribution < -0.4 is 54.0 Å². The van der Waals surface area contributed by atoms with E-state index in [0.29, 0.717) is 16.8 Å². The van der Waals surface area contributed by atoms with Crippen LogP contribution in [0.3, 0.4) is 0 Å². The maximum atomic E-state index is 14.1. The maximum Gasteiger partial charge on any atom is 0.243 e. The lowest BCUT2D eigenvalue weighted by atomic mass is 10.0. The number of nitrogens with two attached hydrogens (primary N) is 2. The number of H-pyrrole nitrogens is 2. The third-order valence-corrected chi connectivity index (χ3v) is 15.1. The van der Waals surface area contributed by atoms with Crippen LogP contribution >= 0.6 is 0 Å². The number of nitrogens with one attached hydrogen (secondary N) is 10. The van der Waals surface area contributed by atoms with Crippen molar-refractivity contribution in [3.8, 4) is 0 Å². The summed E-state index contributed by atoms with van der Waals surface area (Å²) in [5, 5.41) is 19.9. The summed E-state index contributed by atoms with van der Waals surface area (Å²) in [6, 6.07) is 7.27. The molecule has 1 fully saturated rings. The van der Waals surface area contributed by atoms with Crippen LogP contribution in [0.25, 0.3) is 10.9 Å². The van der Waals surface area contributed by atoms with E-state index >= 15 is 0 Å². The molecule has 26 heteroatoms. The number of aromatic amines is 2. The molecule has 3 heterocycles. The fraction of sp³-hybridized carbons (Fsp3) is 0.481. The highest BCUT2D eigenvalue weighted by Crippen LogP contribution is 2.21. The van der Waals surface area contributed by atoms with Gasteiger partial charge in [-0.1, -0.05) is 76.2 Å². The Morgan fingerprint density at radius 1 is 0.731 bits per heavy atom. The van der Waals surface area contributed by atoms with Gasteiger partial charge in [0.2, 0.25) is 59.1 Å². The van der Waals surface area contributed by atoms with Crippen molar-refractivity contribution in [2.75, 3.05) is 12.3 Å². The number of carbonyl (C=O) groups excluding carboxylic acids is 10. The van der Waals surface area contributed by atoms with Gasteiger partial charge in [-0.05, 0) is 61.6 Å². The van der Waals surface area contributed by atoms with Crippen molar-refractivity contribution in [2.45, 2.75) is 134 Å². The summed E-state index contributed by atoms with van der Waals surface area (Å²) in [4.78, 5) is 142. The highest BCUT2D eigenvalue weighted by molar-refractivity contribution is 7.92. The Morgan fingerprint density at radius 3 is 2.03 bits per heavy atom. The molecule has 0 bridgehead atoms. The van der Waals surface area contributed by atoms with E-state index in [0.717, 1.165) is 10.9 Å². The molecule has 1 saturated heterocycles. The minimum Gasteiger partial charge on any atom is -0.370 e. The van der Waals surface area contributed by atoms with Crippen LogP contribution in [0.4, 0.5) is 0 Å². The smallest absolute Gasteiger partial charge is 0.243 e. The van der Waals surface area contributed by atoms with Crippen LogP contribution in [0.1, 0.15) is 83.5 Å². The number of imidazole rings is 1. The number of nitrogens with zero attached hydrogens (tertiary/aromatic N) is 1. The molecule has 1 aliphatic rings. The summed E-state index contributed by atoms with van der Waals surface area (Å²) in [5.74, 6) is -9.13. The van der Waals surface area contributed by atoms with Gasteiger partial charge < -0.3 is 64.0 Å². The standard InChI is InChI=1S/C52H71N13O12S/c1-28(2)19-41(46(54)69)78(76,77)26-34(20-31-11-7-6-8-12-31)60-51(74)40(22-33-24-55-27-58-33)62-44(68)25-57-52(75)45(29(3)4)65-47(70)30(5)59-50(73)39(21-32-23-56-36-14-10-9-13-35(32)36)64-49(72)38(15-17-42(53)66)63-48(71)37-16-18-43(67)61-37/h6-14,23-24,27-30,34,37-41,45,56H,15-22,25-26H2,1-5H3,(H2,53,66)(H2,54,69)(H,55,58)(H,57,75)(H,59,73)(H,60,74)(H,61,67)(H,62,68)(H,63,71)(H,64,72)(H,65,70)/t30-,34-,37-,38-,39-,40-,41-,45-/m0/s1. The van der Waals surface area contributed by atoms with Crippen molar-refractivity contribution in [1.82, 2.24) is 57.5 Å². The molecule has 4 aromatic rings. The number of hydrogen-bond acceptors (Lipinski definition) is 13. The number of fused-ring (bicyclic) bond motifs is 1. The molecule has 1 aliphatic heterocycles. The Morgan fingerprint density at radius 2 is 1.40 bits per heavy atom. The lowest BCUT2D eigenvalue weighted by molar-refractivity contribution is -0.135. The zero-order valence-electron chi connectivity index (χ0n) is 44.2. The second-order valence-electron chi connectivity index (χ2n) is 20.2. The van der Waals surface area contributed by atoms with Crippen molar-refractivity contribution >= 4 is 79.8 Å². The van der Waals surface area contributed by atoms with Gasteiger partial charge in [0.25, 0.3) is 0 Å². The Bertz CT molecular complexity index is 2890. The lowest BCUT2D eigenvalue weighted by Gasteiger charge is -2.27. The second kappa shape index (κ2) is 28.3. The van der Waals surface area contributed by atoms with Crippen LogP contribution in [-0.4, -0.2) is 142 Å². The maximum absolute atomic E-state index is 14.1. The predicted molar refractivity (Wildman–Crippen MR) is 285 cm³/mol. The fourth-order valence-corrected chi connectivity index (χ4v) is 10.8. The first-order valence-corrected chi connectivity index (χ1v) is 27.4. The molecule has 2 aromatic heterocycles. The Kier molecular flexibility index (Phi) is 22.0. The summed E-state index contributed by atoms with van der Waals surface area (Å²) in [7, 11) is -4.21. The third-order valence-electron chi connectivity index (χ3n) is 12.9. The Balaban J connectivity index is 1.26. The number of para-hydroxylation sites is 1. The normalized spacial score (nSPS) is 16.1. The third kappa shape index (κ3) is 18.3. The molecule has 0 aliphatic carbocycles. The number of amides is 10. The van der Waals surface area contributed by atoms with E-state index < -0.39 is 129 Å². The van der Waals surface area contributed by atoms with Gasteiger partial charge in [-0.15, -0.1) is 0 Å². The summed E-state index contributed by atoms with van der Waals surface area (Å²) in [5.41, 5.74) is 13.4. The van der Waals surface area contributed by atoms with E-state index in [9.17, 15) is 56.4 Å². The number of aromatic nitrogens is 3. The second-order valence-corrected chi connectivity index (χ2v) is 22.4. The molecule has 14 N–H and O–H groups in total. The molecular weight excluding hydrogens is 1030 g/mol. The van der Waals surface area contributed by atoms with Gasteiger partial charge >= 0.3 is 0 Å². The summed E-state index contributed by atoms with van der Waals surface area (Å²) < 4.78 is 27.4. The van der Waals surface area contributed by atoms with Crippen LogP contribution in [0.2, 0.25) is 0 Å². The average molecular weight is 1100 g/mol. The lowest BCUT2D eigenvalue weighted by Crippen LogP contribution is -2.59. The van der Waals surface area contributed by atoms with Gasteiger partial charge in [-0.2, -0.15) is 0 Å². The topological polar surface area (TPSA) is 398 Å². The SMILES string of the molecule is CC(C)C[C@@H](C(N)=O)S(=O)(=O)C[C@H](Cc1ccccc1)NC(=O)[C@H](Cc1cnc[nH]1)NC(=O)CNC(=O)[C@@H](NC(=O)[C@H](C)NC(=O)[C@H](Cc1c[nH]c2ccccc12)NC(=O)[C@H](CCC(N)=O)NC(=O)[C@@H]1CCC(=O)N1)C(C)C. The first-order chi connectivity index (χ1) is 36.9. The highest BCUT2D eigenvalue weighted by Gasteiger charge is 2.37. The number of sulfone groups is 1. The number of primary amides is 2. The molecule has 78 heavy (non-hydrogen) atoms. The van der Waals surface area contributed by atoms with Gasteiger partial charge in [0.1, 0.15) is 41.5 Å². The first-order valence-electron chi connectivity index (χ1n) is 25.6. The quantitative estimate of drug-likeness (QED) is 0.0283. The molecular formula is C52H71N13O12S. The average Bonchev–Trinajstić information content (AvgIpc) is 4.17. The highest BCUT2D eigenvalue weighted by atomic mass is 32.2. The van der Waals surface area contributed by atoms with E-state index in [1.807, 2.05) is 6.07 Å². The first kappa shape index (κ1) is 60.7. The van der Waals surface area contributed by atoms with Crippen molar-refractivity contribution in [3.63, 3.8) is 0 Å². The van der Waals surface area contributed by atoms with Gasteiger partial charge in [-0.3, -0.25) is 47.9 Å². The molecule has 0 radical (unpaired) electrons.